The van der Waals surface area contributed by atoms with Crippen LogP contribution in [0, 0.1) is 0 Å². The van der Waals surface area contributed by atoms with Gasteiger partial charge in [0, 0.05) is 44.5 Å². The van der Waals surface area contributed by atoms with Crippen molar-refractivity contribution >= 4 is 5.69 Å². The molecule has 102 valence electrons. The zero-order chi connectivity index (χ0) is 12.7. The van der Waals surface area contributed by atoms with Gasteiger partial charge in [-0.15, -0.1) is 0 Å². The normalized spacial score (nSPS) is 27.1. The van der Waals surface area contributed by atoms with E-state index in [9.17, 15) is 0 Å². The molecule has 1 aromatic rings. The van der Waals surface area contributed by atoms with Crippen molar-refractivity contribution < 1.29 is 0 Å². The van der Waals surface area contributed by atoms with Crippen LogP contribution in [0.25, 0.3) is 0 Å². The number of anilines is 1. The lowest BCUT2D eigenvalue weighted by atomic mass is 10.1. The summed E-state index contributed by atoms with van der Waals surface area (Å²) < 4.78 is 0. The summed E-state index contributed by atoms with van der Waals surface area (Å²) in [5.74, 6) is 0. The lowest BCUT2D eigenvalue weighted by Crippen LogP contribution is -2.49. The van der Waals surface area contributed by atoms with Gasteiger partial charge in [0.05, 0.1) is 0 Å². The van der Waals surface area contributed by atoms with Gasteiger partial charge in [0.1, 0.15) is 0 Å². The maximum atomic E-state index is 3.44. The van der Waals surface area contributed by atoms with Crippen molar-refractivity contribution in [2.45, 2.75) is 31.8 Å². The van der Waals surface area contributed by atoms with E-state index in [0.717, 1.165) is 19.1 Å². The molecule has 1 N–H and O–H groups in total. The molecule has 1 unspecified atom stereocenters. The average molecular weight is 257 g/mol. The van der Waals surface area contributed by atoms with Crippen molar-refractivity contribution in [2.75, 3.05) is 38.0 Å². The second-order valence-corrected chi connectivity index (χ2v) is 6.24. The van der Waals surface area contributed by atoms with Gasteiger partial charge in [-0.1, -0.05) is 12.1 Å². The van der Waals surface area contributed by atoms with Crippen molar-refractivity contribution in [3.63, 3.8) is 0 Å². The fourth-order valence-corrected chi connectivity index (χ4v) is 3.91. The number of piperazine rings is 1. The van der Waals surface area contributed by atoms with Crippen LogP contribution in [-0.2, 0) is 13.0 Å². The largest absolute Gasteiger partial charge is 0.384 e. The fraction of sp³-hybridized carbons (Fsp3) is 0.625. The molecule has 1 atom stereocenters. The molecule has 3 nitrogen and oxygen atoms in total. The van der Waals surface area contributed by atoms with Gasteiger partial charge in [-0.05, 0) is 43.0 Å². The van der Waals surface area contributed by atoms with Gasteiger partial charge in [-0.3, -0.25) is 9.80 Å². The van der Waals surface area contributed by atoms with Gasteiger partial charge in [0.25, 0.3) is 0 Å². The number of nitrogens with one attached hydrogen (secondary N) is 1. The van der Waals surface area contributed by atoms with Crippen LogP contribution in [0.1, 0.15) is 24.0 Å². The Morgan fingerprint density at radius 3 is 3.21 bits per heavy atom. The molecule has 0 amide bonds. The third-order valence-electron chi connectivity index (χ3n) is 4.96. The van der Waals surface area contributed by atoms with Crippen LogP contribution in [0.2, 0.25) is 0 Å². The van der Waals surface area contributed by atoms with Crippen molar-refractivity contribution in [1.82, 2.24) is 9.80 Å². The smallest absolute Gasteiger partial charge is 0.0373 e. The van der Waals surface area contributed by atoms with Crippen LogP contribution < -0.4 is 5.32 Å². The molecule has 4 rings (SSSR count). The summed E-state index contributed by atoms with van der Waals surface area (Å²) in [5, 5.41) is 3.44. The van der Waals surface area contributed by atoms with E-state index >= 15 is 0 Å². The molecule has 3 aliphatic rings. The summed E-state index contributed by atoms with van der Waals surface area (Å²) >= 11 is 0. The summed E-state index contributed by atoms with van der Waals surface area (Å²) in [5.41, 5.74) is 4.36. The van der Waals surface area contributed by atoms with Gasteiger partial charge in [0.2, 0.25) is 0 Å². The first-order chi connectivity index (χ1) is 9.38. The molecule has 3 heteroatoms. The molecule has 2 saturated heterocycles. The van der Waals surface area contributed by atoms with E-state index in [1.54, 1.807) is 0 Å². The Balaban J connectivity index is 1.44. The predicted octanol–water partition coefficient (Wildman–Crippen LogP) is 1.93. The van der Waals surface area contributed by atoms with Gasteiger partial charge in [-0.2, -0.15) is 0 Å². The first kappa shape index (κ1) is 11.7. The van der Waals surface area contributed by atoms with Gasteiger partial charge < -0.3 is 5.32 Å². The van der Waals surface area contributed by atoms with Gasteiger partial charge in [-0.25, -0.2) is 0 Å². The number of fused-ring (bicyclic) bond motifs is 2. The zero-order valence-corrected chi connectivity index (χ0v) is 11.6. The number of nitrogens with zero attached hydrogens (tertiary/aromatic N) is 2. The number of rotatable bonds is 2. The molecule has 1 aromatic carbocycles. The minimum absolute atomic E-state index is 0.838. The highest BCUT2D eigenvalue weighted by atomic mass is 15.3. The highest BCUT2D eigenvalue weighted by Gasteiger charge is 2.30. The van der Waals surface area contributed by atoms with E-state index in [2.05, 4.69) is 33.3 Å². The van der Waals surface area contributed by atoms with Crippen LogP contribution in [-0.4, -0.2) is 48.6 Å². The van der Waals surface area contributed by atoms with E-state index in [0.29, 0.717) is 0 Å². The standard InChI is InChI=1S/C16H23N3/c1-2-15-12-18(8-9-19(15)7-1)11-13-3-4-16-14(10-13)5-6-17-16/h3-4,10,15,17H,1-2,5-9,11-12H2. The molecular formula is C16H23N3. The van der Waals surface area contributed by atoms with Crippen molar-refractivity contribution in [3.05, 3.63) is 29.3 Å². The van der Waals surface area contributed by atoms with Crippen molar-refractivity contribution in [3.8, 4) is 0 Å². The zero-order valence-electron chi connectivity index (χ0n) is 11.6. The predicted molar refractivity (Wildman–Crippen MR) is 78.5 cm³/mol. The second kappa shape index (κ2) is 4.80. The number of hydrogen-bond acceptors (Lipinski definition) is 3. The first-order valence-corrected chi connectivity index (χ1v) is 7.70. The molecule has 3 heterocycles. The van der Waals surface area contributed by atoms with E-state index in [-0.39, 0.29) is 0 Å². The maximum Gasteiger partial charge on any atom is 0.0373 e. The summed E-state index contributed by atoms with van der Waals surface area (Å²) in [6.07, 6.45) is 4.01. The fourth-order valence-electron chi connectivity index (χ4n) is 3.91. The quantitative estimate of drug-likeness (QED) is 0.873. The van der Waals surface area contributed by atoms with Crippen LogP contribution in [0.5, 0.6) is 0 Å². The Morgan fingerprint density at radius 2 is 2.21 bits per heavy atom. The molecule has 3 aliphatic heterocycles. The molecule has 0 aliphatic carbocycles. The Hall–Kier alpha value is -1.06. The summed E-state index contributed by atoms with van der Waals surface area (Å²) in [6, 6.07) is 7.82. The highest BCUT2D eigenvalue weighted by molar-refractivity contribution is 5.56. The minimum Gasteiger partial charge on any atom is -0.384 e. The summed E-state index contributed by atoms with van der Waals surface area (Å²) in [7, 11) is 0. The molecule has 0 aromatic heterocycles. The SMILES string of the molecule is c1cc2c(cc1CN1CCN3CCCC3C1)CCN2. The molecule has 0 saturated carbocycles. The first-order valence-electron chi connectivity index (χ1n) is 7.70. The van der Waals surface area contributed by atoms with E-state index in [4.69, 9.17) is 0 Å². The Bertz CT molecular complexity index is 471. The van der Waals surface area contributed by atoms with Crippen molar-refractivity contribution in [2.24, 2.45) is 0 Å². The second-order valence-electron chi connectivity index (χ2n) is 6.24. The number of benzene rings is 1. The van der Waals surface area contributed by atoms with Crippen molar-refractivity contribution in [1.29, 1.82) is 0 Å². The van der Waals surface area contributed by atoms with Gasteiger partial charge in [0.15, 0.2) is 0 Å². The average Bonchev–Trinajstić information content (AvgIpc) is 3.05. The topological polar surface area (TPSA) is 18.5 Å². The number of hydrogen-bond donors (Lipinski definition) is 1. The van der Waals surface area contributed by atoms with Crippen LogP contribution in [0.4, 0.5) is 5.69 Å². The Kier molecular flexibility index (Phi) is 2.97. The third kappa shape index (κ3) is 2.26. The minimum atomic E-state index is 0.838. The monoisotopic (exact) mass is 257 g/mol. The third-order valence-corrected chi connectivity index (χ3v) is 4.96. The molecule has 2 fully saturated rings. The molecule has 0 radical (unpaired) electrons. The Labute approximate surface area is 115 Å². The summed E-state index contributed by atoms with van der Waals surface area (Å²) in [4.78, 5) is 5.33. The highest BCUT2D eigenvalue weighted by Crippen LogP contribution is 2.25. The molecule has 0 bridgehead atoms. The lowest BCUT2D eigenvalue weighted by Gasteiger charge is -2.37. The van der Waals surface area contributed by atoms with Crippen LogP contribution in [0.15, 0.2) is 18.2 Å². The molecule has 19 heavy (non-hydrogen) atoms. The molecule has 0 spiro atoms. The lowest BCUT2D eigenvalue weighted by molar-refractivity contribution is 0.0994. The van der Waals surface area contributed by atoms with E-state index in [1.807, 2.05) is 0 Å². The Morgan fingerprint density at radius 1 is 1.21 bits per heavy atom. The van der Waals surface area contributed by atoms with Crippen LogP contribution in [0.3, 0.4) is 0 Å². The molecular weight excluding hydrogens is 234 g/mol. The van der Waals surface area contributed by atoms with Crippen LogP contribution >= 0.6 is 0 Å². The van der Waals surface area contributed by atoms with E-state index in [1.165, 1.54) is 62.3 Å². The van der Waals surface area contributed by atoms with E-state index < -0.39 is 0 Å². The summed E-state index contributed by atoms with van der Waals surface area (Å²) in [6.45, 7) is 7.37. The maximum absolute atomic E-state index is 3.44. The van der Waals surface area contributed by atoms with Gasteiger partial charge >= 0.3 is 0 Å².